The van der Waals surface area contributed by atoms with E-state index in [1.807, 2.05) is 12.3 Å². The molecule has 0 bridgehead atoms. The van der Waals surface area contributed by atoms with Crippen molar-refractivity contribution in [1.82, 2.24) is 9.88 Å². The van der Waals surface area contributed by atoms with E-state index >= 15 is 0 Å². The summed E-state index contributed by atoms with van der Waals surface area (Å²) in [5.41, 5.74) is -0.198. The molecule has 1 N–H and O–H groups in total. The highest BCUT2D eigenvalue weighted by molar-refractivity contribution is 7.14. The molecule has 112 valence electrons. The average molecular weight is 299 g/mol. The molecule has 0 atom stereocenters. The lowest BCUT2D eigenvalue weighted by Crippen LogP contribution is -2.47. The Hall–Kier alpha value is -1.47. The summed E-state index contributed by atoms with van der Waals surface area (Å²) in [7, 11) is 1.75. The maximum atomic E-state index is 11.5. The van der Waals surface area contributed by atoms with Gasteiger partial charge in [-0.25, -0.2) is 4.98 Å². The van der Waals surface area contributed by atoms with Gasteiger partial charge in [-0.3, -0.25) is 19.4 Å². The highest BCUT2D eigenvalue weighted by atomic mass is 32.1. The number of carbonyl (C=O) groups is 2. The Balaban J connectivity index is 2.83. The van der Waals surface area contributed by atoms with Gasteiger partial charge in [0.1, 0.15) is 5.54 Å². The number of hydrogen-bond donors (Lipinski definition) is 1. The zero-order valence-electron chi connectivity index (χ0n) is 12.5. The minimum Gasteiger partial charge on any atom is -0.480 e. The number of carbonyl (C=O) groups excluding carboxylic acids is 1. The van der Waals surface area contributed by atoms with Crippen molar-refractivity contribution in [3.05, 3.63) is 11.1 Å². The normalized spacial score (nSPS) is 11.7. The zero-order chi connectivity index (χ0) is 15.5. The first-order chi connectivity index (χ1) is 9.20. The molecular weight excluding hydrogens is 278 g/mol. The first-order valence-corrected chi connectivity index (χ1v) is 7.25. The van der Waals surface area contributed by atoms with E-state index in [4.69, 9.17) is 0 Å². The van der Waals surface area contributed by atoms with E-state index in [1.54, 1.807) is 30.7 Å². The molecule has 0 aliphatic heterocycles. The second-order valence-electron chi connectivity index (χ2n) is 5.10. The van der Waals surface area contributed by atoms with Crippen LogP contribution in [0.2, 0.25) is 0 Å². The van der Waals surface area contributed by atoms with Crippen molar-refractivity contribution in [1.29, 1.82) is 0 Å². The van der Waals surface area contributed by atoms with E-state index in [2.05, 4.69) is 4.98 Å². The fourth-order valence-electron chi connectivity index (χ4n) is 1.59. The summed E-state index contributed by atoms with van der Waals surface area (Å²) in [5.74, 6) is -0.929. The second kappa shape index (κ2) is 6.32. The highest BCUT2D eigenvalue weighted by Gasteiger charge is 2.32. The Morgan fingerprint density at radius 2 is 2.05 bits per heavy atom. The zero-order valence-corrected chi connectivity index (χ0v) is 13.3. The van der Waals surface area contributed by atoms with Crippen LogP contribution in [0.3, 0.4) is 0 Å². The fraction of sp³-hybridized carbons (Fsp3) is 0.615. The molecule has 0 saturated carbocycles. The molecular formula is C13H21N3O3S. The summed E-state index contributed by atoms with van der Waals surface area (Å²) >= 11 is 1.39. The minimum atomic E-state index is -0.963. The van der Waals surface area contributed by atoms with Gasteiger partial charge in [0.15, 0.2) is 5.13 Å². The average Bonchev–Trinajstić information content (AvgIpc) is 2.77. The Labute approximate surface area is 123 Å². The van der Waals surface area contributed by atoms with Crippen LogP contribution >= 0.6 is 11.3 Å². The maximum absolute atomic E-state index is 11.5. The number of anilines is 1. The molecule has 20 heavy (non-hydrogen) atoms. The van der Waals surface area contributed by atoms with E-state index in [-0.39, 0.29) is 5.91 Å². The molecule has 0 aliphatic carbocycles. The van der Waals surface area contributed by atoms with Gasteiger partial charge in [0.25, 0.3) is 0 Å². The van der Waals surface area contributed by atoms with Crippen molar-refractivity contribution < 1.29 is 14.7 Å². The minimum absolute atomic E-state index is 0.0485. The Bertz CT molecular complexity index is 499. The van der Waals surface area contributed by atoms with Crippen LogP contribution in [-0.4, -0.2) is 46.0 Å². The van der Waals surface area contributed by atoms with Crippen LogP contribution < -0.4 is 4.90 Å². The Kier molecular flexibility index (Phi) is 5.24. The standard InChI is InChI=1S/C13H21N3O3S/c1-6-16(9(2)17)12-14-10(8-20-12)7-15(5)13(3,4)11(18)19/h8H,6-7H2,1-5H3,(H,18,19). The summed E-state index contributed by atoms with van der Waals surface area (Å²) in [6.45, 7) is 7.68. The SMILES string of the molecule is CCN(C(C)=O)c1nc(CN(C)C(C)(C)C(=O)O)cs1. The van der Waals surface area contributed by atoms with Crippen LogP contribution in [0.1, 0.15) is 33.4 Å². The molecule has 1 aromatic rings. The van der Waals surface area contributed by atoms with Gasteiger partial charge in [0.2, 0.25) is 5.91 Å². The number of thiazole rings is 1. The van der Waals surface area contributed by atoms with Gasteiger partial charge in [-0.2, -0.15) is 0 Å². The summed E-state index contributed by atoms with van der Waals surface area (Å²) in [6.07, 6.45) is 0. The topological polar surface area (TPSA) is 73.7 Å². The number of likely N-dealkylation sites (N-methyl/N-ethyl adjacent to an activating group) is 1. The number of hydrogen-bond acceptors (Lipinski definition) is 5. The number of aromatic nitrogens is 1. The largest absolute Gasteiger partial charge is 0.480 e. The van der Waals surface area contributed by atoms with E-state index in [9.17, 15) is 14.7 Å². The second-order valence-corrected chi connectivity index (χ2v) is 5.94. The molecule has 0 unspecified atom stereocenters. The molecule has 0 fully saturated rings. The molecule has 0 aliphatic rings. The smallest absolute Gasteiger partial charge is 0.323 e. The van der Waals surface area contributed by atoms with E-state index in [0.717, 1.165) is 5.69 Å². The molecule has 7 heteroatoms. The third kappa shape index (κ3) is 3.55. The van der Waals surface area contributed by atoms with Crippen molar-refractivity contribution in [2.45, 2.75) is 39.8 Å². The van der Waals surface area contributed by atoms with Gasteiger partial charge in [0, 0.05) is 25.4 Å². The molecule has 1 aromatic heterocycles. The summed E-state index contributed by atoms with van der Waals surface area (Å²) < 4.78 is 0. The first-order valence-electron chi connectivity index (χ1n) is 6.37. The molecule has 0 aromatic carbocycles. The lowest BCUT2D eigenvalue weighted by molar-refractivity contribution is -0.148. The molecule has 1 rings (SSSR count). The van der Waals surface area contributed by atoms with Gasteiger partial charge in [-0.05, 0) is 27.8 Å². The van der Waals surface area contributed by atoms with Crippen LogP contribution in [0, 0.1) is 0 Å². The van der Waals surface area contributed by atoms with Gasteiger partial charge in [-0.15, -0.1) is 11.3 Å². The van der Waals surface area contributed by atoms with Gasteiger partial charge >= 0.3 is 5.97 Å². The van der Waals surface area contributed by atoms with Crippen LogP contribution in [0.4, 0.5) is 5.13 Å². The summed E-state index contributed by atoms with van der Waals surface area (Å²) in [4.78, 5) is 30.4. The van der Waals surface area contributed by atoms with Crippen LogP contribution in [0.5, 0.6) is 0 Å². The highest BCUT2D eigenvalue weighted by Crippen LogP contribution is 2.23. The molecule has 1 heterocycles. The van der Waals surface area contributed by atoms with Gasteiger partial charge in [-0.1, -0.05) is 0 Å². The van der Waals surface area contributed by atoms with Crippen molar-refractivity contribution in [3.8, 4) is 0 Å². The van der Waals surface area contributed by atoms with Crippen LogP contribution in [-0.2, 0) is 16.1 Å². The first kappa shape index (κ1) is 16.6. The summed E-state index contributed by atoms with van der Waals surface area (Å²) in [5, 5.41) is 11.7. The number of carboxylic acid groups (broad SMARTS) is 1. The fourth-order valence-corrected chi connectivity index (χ4v) is 2.51. The van der Waals surface area contributed by atoms with E-state index in [0.29, 0.717) is 18.2 Å². The Morgan fingerprint density at radius 1 is 1.45 bits per heavy atom. The van der Waals surface area contributed by atoms with Crippen LogP contribution in [0.15, 0.2) is 5.38 Å². The molecule has 0 radical (unpaired) electrons. The number of aliphatic carboxylic acids is 1. The maximum Gasteiger partial charge on any atom is 0.323 e. The third-order valence-corrected chi connectivity index (χ3v) is 4.26. The van der Waals surface area contributed by atoms with Crippen molar-refractivity contribution in [3.63, 3.8) is 0 Å². The van der Waals surface area contributed by atoms with Gasteiger partial charge in [0.05, 0.1) is 5.69 Å². The lowest BCUT2D eigenvalue weighted by Gasteiger charge is -2.30. The van der Waals surface area contributed by atoms with E-state index < -0.39 is 11.5 Å². The van der Waals surface area contributed by atoms with Crippen molar-refractivity contribution >= 4 is 28.3 Å². The quantitative estimate of drug-likeness (QED) is 0.867. The predicted molar refractivity (Wildman–Crippen MR) is 79.0 cm³/mol. The third-order valence-electron chi connectivity index (χ3n) is 3.34. The predicted octanol–water partition coefficient (Wildman–Crippen LogP) is 1.81. The van der Waals surface area contributed by atoms with Crippen molar-refractivity contribution in [2.75, 3.05) is 18.5 Å². The van der Waals surface area contributed by atoms with Crippen LogP contribution in [0.25, 0.3) is 0 Å². The number of carboxylic acids is 1. The molecule has 1 amide bonds. The molecule has 0 saturated heterocycles. The lowest BCUT2D eigenvalue weighted by atomic mass is 10.0. The Morgan fingerprint density at radius 3 is 2.50 bits per heavy atom. The number of rotatable bonds is 6. The van der Waals surface area contributed by atoms with E-state index in [1.165, 1.54) is 18.3 Å². The molecule has 6 nitrogen and oxygen atoms in total. The number of amides is 1. The molecule has 0 spiro atoms. The summed E-state index contributed by atoms with van der Waals surface area (Å²) in [6, 6.07) is 0. The monoisotopic (exact) mass is 299 g/mol. The van der Waals surface area contributed by atoms with Crippen molar-refractivity contribution in [2.24, 2.45) is 0 Å². The number of nitrogens with zero attached hydrogens (tertiary/aromatic N) is 3. The van der Waals surface area contributed by atoms with Gasteiger partial charge < -0.3 is 5.11 Å².